The number of Topliss-reactive ketones (excluding diaryl/α,β-unsaturated/α-hetero) is 1. The molecular weight excluding hydrogens is 468 g/mol. The molecule has 0 unspecified atom stereocenters. The molecule has 0 saturated heterocycles. The first-order valence-electron chi connectivity index (χ1n) is 9.94. The summed E-state index contributed by atoms with van der Waals surface area (Å²) in [6.07, 6.45) is 3.51. The first-order valence-corrected chi connectivity index (χ1v) is 9.94. The zero-order valence-electron chi connectivity index (χ0n) is 17.9. The second-order valence-electron chi connectivity index (χ2n) is 7.05. The van der Waals surface area contributed by atoms with Gasteiger partial charge in [-0.05, 0) is 28.2 Å². The van der Waals surface area contributed by atoms with E-state index in [1.54, 1.807) is 25.1 Å². The van der Waals surface area contributed by atoms with Gasteiger partial charge < -0.3 is 9.47 Å². The van der Waals surface area contributed by atoms with Crippen molar-refractivity contribution < 1.29 is 18.8 Å². The van der Waals surface area contributed by atoms with E-state index in [9.17, 15) is 4.79 Å². The number of carbonyl (C=O) groups excluding carboxylic acids is 1. The Bertz CT molecular complexity index is 1180. The average Bonchev–Trinajstić information content (AvgIpc) is 2.84. The Hall–Kier alpha value is -3.51. The molecule has 0 spiro atoms. The Kier molecular flexibility index (Phi) is 7.73. The molecule has 0 saturated carbocycles. The van der Waals surface area contributed by atoms with Gasteiger partial charge in [-0.15, -0.1) is 17.0 Å². The largest absolute Gasteiger partial charge is 0.497 e. The van der Waals surface area contributed by atoms with Crippen molar-refractivity contribution in [1.29, 1.82) is 0 Å². The van der Waals surface area contributed by atoms with Gasteiger partial charge in [-0.2, -0.15) is 0 Å². The standard InChI is InChI=1S/C26H23N2O3.BrH/c1-30-22-12-13-23(26(16-22)31-2)24-14-15-28(18-27-24)17-25(29)21-10-8-20(9-11-21)19-6-4-3-5-7-19;/h3-16,18H,17H2,1-2H3;1H/q+1;. The van der Waals surface area contributed by atoms with Crippen LogP contribution in [0.2, 0.25) is 0 Å². The molecule has 0 aliphatic rings. The monoisotopic (exact) mass is 491 g/mol. The van der Waals surface area contributed by atoms with Gasteiger partial charge in [-0.1, -0.05) is 54.6 Å². The van der Waals surface area contributed by atoms with Crippen molar-refractivity contribution in [1.82, 2.24) is 4.98 Å². The summed E-state index contributed by atoms with van der Waals surface area (Å²) in [4.78, 5) is 17.2. The molecular formula is C26H24BrN2O3+. The number of hydrogen-bond acceptors (Lipinski definition) is 4. The third-order valence-corrected chi connectivity index (χ3v) is 5.09. The second kappa shape index (κ2) is 10.7. The van der Waals surface area contributed by atoms with E-state index < -0.39 is 0 Å². The van der Waals surface area contributed by atoms with E-state index in [0.717, 1.165) is 28.1 Å². The predicted molar refractivity (Wildman–Crippen MR) is 130 cm³/mol. The zero-order valence-corrected chi connectivity index (χ0v) is 19.6. The van der Waals surface area contributed by atoms with Gasteiger partial charge in [0.05, 0.1) is 26.0 Å². The molecule has 4 rings (SSSR count). The summed E-state index contributed by atoms with van der Waals surface area (Å²) in [5, 5.41) is 0. The highest BCUT2D eigenvalue weighted by Crippen LogP contribution is 2.31. The predicted octanol–water partition coefficient (Wildman–Crippen LogP) is 5.18. The van der Waals surface area contributed by atoms with E-state index >= 15 is 0 Å². The highest BCUT2D eigenvalue weighted by molar-refractivity contribution is 8.93. The number of carbonyl (C=O) groups is 1. The molecule has 4 aromatic rings. The number of ether oxygens (including phenoxy) is 2. The topological polar surface area (TPSA) is 52.3 Å². The minimum Gasteiger partial charge on any atom is -0.497 e. The van der Waals surface area contributed by atoms with Crippen molar-refractivity contribution in [2.75, 3.05) is 14.2 Å². The molecule has 0 aliphatic carbocycles. The smallest absolute Gasteiger partial charge is 0.287 e. The number of aromatic nitrogens is 2. The van der Waals surface area contributed by atoms with E-state index in [1.807, 2.05) is 72.9 Å². The molecule has 162 valence electrons. The van der Waals surface area contributed by atoms with Gasteiger partial charge in [-0.25, -0.2) is 4.57 Å². The van der Waals surface area contributed by atoms with Crippen LogP contribution in [0.3, 0.4) is 0 Å². The molecule has 0 bridgehead atoms. The van der Waals surface area contributed by atoms with E-state index in [4.69, 9.17) is 9.47 Å². The summed E-state index contributed by atoms with van der Waals surface area (Å²) in [6, 6.07) is 25.3. The van der Waals surface area contributed by atoms with E-state index in [0.29, 0.717) is 11.3 Å². The van der Waals surface area contributed by atoms with Crippen LogP contribution in [0.25, 0.3) is 22.4 Å². The molecule has 32 heavy (non-hydrogen) atoms. The van der Waals surface area contributed by atoms with E-state index in [2.05, 4.69) is 17.1 Å². The van der Waals surface area contributed by atoms with Crippen molar-refractivity contribution in [2.24, 2.45) is 0 Å². The minimum atomic E-state index is 0. The second-order valence-corrected chi connectivity index (χ2v) is 7.05. The molecule has 0 aliphatic heterocycles. The molecule has 3 aromatic carbocycles. The van der Waals surface area contributed by atoms with Crippen molar-refractivity contribution in [2.45, 2.75) is 6.54 Å². The van der Waals surface area contributed by atoms with Gasteiger partial charge in [0.2, 0.25) is 5.78 Å². The third kappa shape index (κ3) is 5.21. The Balaban J connectivity index is 0.00000289. The van der Waals surface area contributed by atoms with Gasteiger partial charge in [0, 0.05) is 17.7 Å². The lowest BCUT2D eigenvalue weighted by Crippen LogP contribution is -2.37. The SMILES string of the molecule is Br.COc1ccc(-c2cc[n+](CC(=O)c3ccc(-c4ccccc4)cc3)cn2)c(OC)c1. The molecule has 0 radical (unpaired) electrons. The lowest BCUT2D eigenvalue weighted by Gasteiger charge is -2.08. The minimum absolute atomic E-state index is 0. The molecule has 0 atom stereocenters. The fourth-order valence-corrected chi connectivity index (χ4v) is 3.38. The molecule has 5 nitrogen and oxygen atoms in total. The van der Waals surface area contributed by atoms with Crippen LogP contribution in [0.5, 0.6) is 11.5 Å². The van der Waals surface area contributed by atoms with E-state index in [-0.39, 0.29) is 29.3 Å². The molecule has 0 fully saturated rings. The summed E-state index contributed by atoms with van der Waals surface area (Å²) in [7, 11) is 3.23. The third-order valence-electron chi connectivity index (χ3n) is 5.09. The van der Waals surface area contributed by atoms with E-state index in [1.165, 1.54) is 0 Å². The summed E-state index contributed by atoms with van der Waals surface area (Å²) in [5.74, 6) is 1.43. The fourth-order valence-electron chi connectivity index (χ4n) is 3.38. The zero-order chi connectivity index (χ0) is 21.6. The molecule has 6 heteroatoms. The Morgan fingerprint density at radius 2 is 1.59 bits per heavy atom. The van der Waals surface area contributed by atoms with Gasteiger partial charge >= 0.3 is 0 Å². The number of nitrogens with zero attached hydrogens (tertiary/aromatic N) is 2. The van der Waals surface area contributed by atoms with Crippen LogP contribution in [0.15, 0.2) is 91.4 Å². The first kappa shape index (κ1) is 23.2. The maximum Gasteiger partial charge on any atom is 0.287 e. The van der Waals surface area contributed by atoms with Gasteiger partial charge in [0.15, 0.2) is 12.2 Å². The van der Waals surface area contributed by atoms with Gasteiger partial charge in [0.1, 0.15) is 11.5 Å². The highest BCUT2D eigenvalue weighted by atomic mass is 79.9. The van der Waals surface area contributed by atoms with Crippen LogP contribution in [-0.4, -0.2) is 25.0 Å². The molecule has 0 amide bonds. The quantitative estimate of drug-likeness (QED) is 0.264. The summed E-state index contributed by atoms with van der Waals surface area (Å²) in [6.45, 7) is 0.220. The average molecular weight is 492 g/mol. The van der Waals surface area contributed by atoms with Gasteiger partial charge in [-0.3, -0.25) is 4.79 Å². The lowest BCUT2D eigenvalue weighted by atomic mass is 10.0. The highest BCUT2D eigenvalue weighted by Gasteiger charge is 2.15. The summed E-state index contributed by atoms with van der Waals surface area (Å²) >= 11 is 0. The Labute approximate surface area is 198 Å². The number of hydrogen-bond donors (Lipinski definition) is 0. The number of ketones is 1. The van der Waals surface area contributed by atoms with Crippen molar-refractivity contribution in [3.63, 3.8) is 0 Å². The maximum atomic E-state index is 12.7. The van der Waals surface area contributed by atoms with Crippen molar-refractivity contribution in [3.8, 4) is 33.9 Å². The molecule has 1 aromatic heterocycles. The van der Waals surface area contributed by atoms with Gasteiger partial charge in [0.25, 0.3) is 6.33 Å². The Morgan fingerprint density at radius 3 is 2.22 bits per heavy atom. The lowest BCUT2D eigenvalue weighted by molar-refractivity contribution is -0.686. The van der Waals surface area contributed by atoms with Crippen LogP contribution < -0.4 is 14.0 Å². The van der Waals surface area contributed by atoms with Crippen LogP contribution in [0.4, 0.5) is 0 Å². The fraction of sp³-hybridized carbons (Fsp3) is 0.115. The first-order chi connectivity index (χ1) is 15.2. The number of methoxy groups -OCH3 is 2. The maximum absolute atomic E-state index is 12.7. The molecule has 1 heterocycles. The number of benzene rings is 3. The van der Waals surface area contributed by atoms with Crippen molar-refractivity contribution >= 4 is 22.8 Å². The van der Waals surface area contributed by atoms with Crippen LogP contribution in [0, 0.1) is 0 Å². The normalized spacial score (nSPS) is 10.2. The number of halogens is 1. The number of rotatable bonds is 7. The summed E-state index contributed by atoms with van der Waals surface area (Å²) < 4.78 is 12.5. The Morgan fingerprint density at radius 1 is 0.875 bits per heavy atom. The van der Waals surface area contributed by atoms with Crippen LogP contribution >= 0.6 is 17.0 Å². The summed E-state index contributed by atoms with van der Waals surface area (Å²) in [5.41, 5.74) is 4.51. The van der Waals surface area contributed by atoms with Crippen LogP contribution in [0.1, 0.15) is 10.4 Å². The molecule has 0 N–H and O–H groups in total. The van der Waals surface area contributed by atoms with Crippen molar-refractivity contribution in [3.05, 3.63) is 97.0 Å². The van der Waals surface area contributed by atoms with Crippen LogP contribution in [-0.2, 0) is 6.54 Å².